The summed E-state index contributed by atoms with van der Waals surface area (Å²) in [6.07, 6.45) is 2.42. The first-order valence-corrected chi connectivity index (χ1v) is 5.42. The standard InChI is InChI=1S/C9H14N2O2S/c1-2-3-7-11-8(9(12)13)6(14-7)4-5-10/h2-5,10H2,1H3,(H,12,13). The Bertz CT molecular complexity index is 323. The molecule has 1 rings (SSSR count). The van der Waals surface area contributed by atoms with E-state index in [0.29, 0.717) is 13.0 Å². The Kier molecular flexibility index (Phi) is 4.03. The molecule has 1 heterocycles. The Balaban J connectivity index is 2.93. The SMILES string of the molecule is CCCc1nc(C(=O)O)c(CCN)s1. The molecule has 0 amide bonds. The van der Waals surface area contributed by atoms with Crippen LogP contribution in [0.25, 0.3) is 0 Å². The molecule has 0 saturated heterocycles. The van der Waals surface area contributed by atoms with Gasteiger partial charge >= 0.3 is 5.97 Å². The fourth-order valence-corrected chi connectivity index (χ4v) is 2.37. The highest BCUT2D eigenvalue weighted by atomic mass is 32.1. The van der Waals surface area contributed by atoms with Gasteiger partial charge in [0.15, 0.2) is 5.69 Å². The molecule has 1 aromatic rings. The van der Waals surface area contributed by atoms with E-state index in [2.05, 4.69) is 4.98 Å². The fraction of sp³-hybridized carbons (Fsp3) is 0.556. The van der Waals surface area contributed by atoms with E-state index in [4.69, 9.17) is 10.8 Å². The van der Waals surface area contributed by atoms with Gasteiger partial charge in [-0.15, -0.1) is 11.3 Å². The smallest absolute Gasteiger partial charge is 0.355 e. The number of carboxylic acids is 1. The molecule has 0 saturated carbocycles. The van der Waals surface area contributed by atoms with Gasteiger partial charge in [0.2, 0.25) is 0 Å². The minimum absolute atomic E-state index is 0.184. The van der Waals surface area contributed by atoms with Gasteiger partial charge in [0.05, 0.1) is 5.01 Å². The number of thiazole rings is 1. The van der Waals surface area contributed by atoms with E-state index in [-0.39, 0.29) is 5.69 Å². The third kappa shape index (κ3) is 2.52. The van der Waals surface area contributed by atoms with Crippen molar-refractivity contribution in [1.82, 2.24) is 4.98 Å². The monoisotopic (exact) mass is 214 g/mol. The predicted molar refractivity (Wildman–Crippen MR) is 55.8 cm³/mol. The normalized spacial score (nSPS) is 10.4. The van der Waals surface area contributed by atoms with Gasteiger partial charge in [0, 0.05) is 4.88 Å². The lowest BCUT2D eigenvalue weighted by atomic mass is 10.3. The maximum atomic E-state index is 10.8. The summed E-state index contributed by atoms with van der Waals surface area (Å²) in [4.78, 5) is 15.7. The molecule has 0 unspecified atom stereocenters. The van der Waals surface area contributed by atoms with E-state index < -0.39 is 5.97 Å². The second kappa shape index (κ2) is 5.07. The highest BCUT2D eigenvalue weighted by Gasteiger charge is 2.15. The molecule has 0 aliphatic heterocycles. The number of nitrogens with two attached hydrogens (primary N) is 1. The van der Waals surface area contributed by atoms with E-state index >= 15 is 0 Å². The van der Waals surface area contributed by atoms with Crippen molar-refractivity contribution in [2.24, 2.45) is 5.73 Å². The van der Waals surface area contributed by atoms with E-state index in [1.165, 1.54) is 11.3 Å². The van der Waals surface area contributed by atoms with Gasteiger partial charge in [-0.1, -0.05) is 6.92 Å². The minimum Gasteiger partial charge on any atom is -0.476 e. The maximum absolute atomic E-state index is 10.8. The topological polar surface area (TPSA) is 76.2 Å². The first kappa shape index (κ1) is 11.1. The van der Waals surface area contributed by atoms with Gasteiger partial charge in [0.1, 0.15) is 0 Å². The molecule has 78 valence electrons. The number of carbonyl (C=O) groups is 1. The molecule has 14 heavy (non-hydrogen) atoms. The number of hydrogen-bond acceptors (Lipinski definition) is 4. The Hall–Kier alpha value is -0.940. The van der Waals surface area contributed by atoms with Crippen molar-refractivity contribution in [1.29, 1.82) is 0 Å². The molecular weight excluding hydrogens is 200 g/mol. The highest BCUT2D eigenvalue weighted by molar-refractivity contribution is 7.11. The van der Waals surface area contributed by atoms with Crippen molar-refractivity contribution >= 4 is 17.3 Å². The number of aromatic nitrogens is 1. The summed E-state index contributed by atoms with van der Waals surface area (Å²) in [5, 5.41) is 9.77. The second-order valence-corrected chi connectivity index (χ2v) is 4.14. The fourth-order valence-electron chi connectivity index (χ4n) is 1.19. The quantitative estimate of drug-likeness (QED) is 0.774. The Morgan fingerprint density at radius 3 is 2.79 bits per heavy atom. The van der Waals surface area contributed by atoms with Crippen molar-refractivity contribution in [3.05, 3.63) is 15.6 Å². The summed E-state index contributed by atoms with van der Waals surface area (Å²) in [5.74, 6) is -0.952. The van der Waals surface area contributed by atoms with Crippen LogP contribution >= 0.6 is 11.3 Å². The summed E-state index contributed by atoms with van der Waals surface area (Å²) in [6, 6.07) is 0. The van der Waals surface area contributed by atoms with E-state index in [1.54, 1.807) is 0 Å². The van der Waals surface area contributed by atoms with Crippen molar-refractivity contribution < 1.29 is 9.90 Å². The number of nitrogens with zero attached hydrogens (tertiary/aromatic N) is 1. The maximum Gasteiger partial charge on any atom is 0.355 e. The molecule has 0 aromatic carbocycles. The minimum atomic E-state index is -0.952. The van der Waals surface area contributed by atoms with E-state index in [0.717, 1.165) is 22.7 Å². The average molecular weight is 214 g/mol. The second-order valence-electron chi connectivity index (χ2n) is 2.97. The van der Waals surface area contributed by atoms with Crippen LogP contribution in [0.15, 0.2) is 0 Å². The zero-order chi connectivity index (χ0) is 10.6. The molecule has 4 nitrogen and oxygen atoms in total. The Morgan fingerprint density at radius 1 is 1.57 bits per heavy atom. The molecule has 0 aliphatic rings. The largest absolute Gasteiger partial charge is 0.476 e. The molecule has 0 aliphatic carbocycles. The molecule has 0 fully saturated rings. The van der Waals surface area contributed by atoms with Crippen LogP contribution in [0.1, 0.15) is 33.7 Å². The third-order valence-corrected chi connectivity index (χ3v) is 2.95. The molecular formula is C9H14N2O2S. The molecule has 0 spiro atoms. The Labute approximate surface area is 86.8 Å². The zero-order valence-corrected chi connectivity index (χ0v) is 8.93. The summed E-state index contributed by atoms with van der Waals surface area (Å²) >= 11 is 1.47. The van der Waals surface area contributed by atoms with Gasteiger partial charge < -0.3 is 10.8 Å². The predicted octanol–water partition coefficient (Wildman–Crippen LogP) is 1.29. The third-order valence-electron chi connectivity index (χ3n) is 1.78. The van der Waals surface area contributed by atoms with Gasteiger partial charge in [-0.2, -0.15) is 0 Å². The van der Waals surface area contributed by atoms with E-state index in [9.17, 15) is 4.79 Å². The number of rotatable bonds is 5. The van der Waals surface area contributed by atoms with Crippen molar-refractivity contribution in [2.75, 3.05) is 6.54 Å². The van der Waals surface area contributed by atoms with Crippen LogP contribution in [0.5, 0.6) is 0 Å². The van der Waals surface area contributed by atoms with Gasteiger partial charge in [-0.25, -0.2) is 9.78 Å². The molecule has 0 radical (unpaired) electrons. The van der Waals surface area contributed by atoms with Crippen LogP contribution in [0, 0.1) is 0 Å². The van der Waals surface area contributed by atoms with Crippen LogP contribution in [0.3, 0.4) is 0 Å². The van der Waals surface area contributed by atoms with Crippen LogP contribution < -0.4 is 5.73 Å². The highest BCUT2D eigenvalue weighted by Crippen LogP contribution is 2.20. The zero-order valence-electron chi connectivity index (χ0n) is 8.12. The first-order chi connectivity index (χ1) is 6.69. The average Bonchev–Trinajstić information content (AvgIpc) is 2.49. The molecule has 5 heteroatoms. The Morgan fingerprint density at radius 2 is 2.29 bits per heavy atom. The number of carboxylic acid groups (broad SMARTS) is 1. The van der Waals surface area contributed by atoms with Crippen LogP contribution in [0.4, 0.5) is 0 Å². The van der Waals surface area contributed by atoms with E-state index in [1.807, 2.05) is 6.92 Å². The molecule has 0 bridgehead atoms. The number of hydrogen-bond donors (Lipinski definition) is 2. The first-order valence-electron chi connectivity index (χ1n) is 4.61. The lowest BCUT2D eigenvalue weighted by Crippen LogP contribution is -2.06. The molecule has 0 atom stereocenters. The molecule has 3 N–H and O–H groups in total. The van der Waals surface area contributed by atoms with Gasteiger partial charge in [0.25, 0.3) is 0 Å². The molecule has 1 aromatic heterocycles. The van der Waals surface area contributed by atoms with Crippen LogP contribution in [0.2, 0.25) is 0 Å². The van der Waals surface area contributed by atoms with Crippen molar-refractivity contribution in [3.63, 3.8) is 0 Å². The summed E-state index contributed by atoms with van der Waals surface area (Å²) in [5.41, 5.74) is 5.58. The van der Waals surface area contributed by atoms with Gasteiger partial charge in [-0.05, 0) is 25.8 Å². The van der Waals surface area contributed by atoms with Crippen LogP contribution in [-0.4, -0.2) is 22.6 Å². The van der Waals surface area contributed by atoms with Crippen molar-refractivity contribution in [3.8, 4) is 0 Å². The summed E-state index contributed by atoms with van der Waals surface area (Å²) < 4.78 is 0. The number of aryl methyl sites for hydroxylation is 1. The van der Waals surface area contributed by atoms with Crippen LogP contribution in [-0.2, 0) is 12.8 Å². The summed E-state index contributed by atoms with van der Waals surface area (Å²) in [6.45, 7) is 2.51. The lowest BCUT2D eigenvalue weighted by Gasteiger charge is -1.92. The van der Waals surface area contributed by atoms with Crippen molar-refractivity contribution in [2.45, 2.75) is 26.2 Å². The lowest BCUT2D eigenvalue weighted by molar-refractivity contribution is 0.0690. The van der Waals surface area contributed by atoms with Gasteiger partial charge in [-0.3, -0.25) is 0 Å². The number of aromatic carboxylic acids is 1. The summed E-state index contributed by atoms with van der Waals surface area (Å²) in [7, 11) is 0.